The van der Waals surface area contributed by atoms with E-state index >= 15 is 0 Å². The SMILES string of the molecule is COc1ccc([C@@H]2CC(=O)N(c3cccc(NS(=O)(=O)c4cccc(Cl)c4C)c3)C2)cc1OC1CCCC1. The molecule has 0 spiro atoms. The molecule has 3 aromatic rings. The first-order valence-electron chi connectivity index (χ1n) is 12.8. The number of nitrogens with one attached hydrogen (secondary N) is 1. The van der Waals surface area contributed by atoms with Gasteiger partial charge in [0.25, 0.3) is 10.0 Å². The molecule has 0 aromatic heterocycles. The lowest BCUT2D eigenvalue weighted by atomic mass is 9.98. The second-order valence-corrected chi connectivity index (χ2v) is 11.9. The first-order chi connectivity index (χ1) is 18.2. The Morgan fingerprint density at radius 2 is 1.76 bits per heavy atom. The zero-order valence-corrected chi connectivity index (χ0v) is 23.0. The molecule has 2 aliphatic rings. The van der Waals surface area contributed by atoms with Gasteiger partial charge in [0.15, 0.2) is 11.5 Å². The smallest absolute Gasteiger partial charge is 0.262 e. The van der Waals surface area contributed by atoms with Crippen LogP contribution >= 0.6 is 11.6 Å². The van der Waals surface area contributed by atoms with E-state index < -0.39 is 10.0 Å². The van der Waals surface area contributed by atoms with Gasteiger partial charge in [0, 0.05) is 29.6 Å². The minimum absolute atomic E-state index is 0.0187. The van der Waals surface area contributed by atoms with Crippen LogP contribution in [0.5, 0.6) is 11.5 Å². The van der Waals surface area contributed by atoms with Crippen molar-refractivity contribution < 1.29 is 22.7 Å². The highest BCUT2D eigenvalue weighted by molar-refractivity contribution is 7.92. The summed E-state index contributed by atoms with van der Waals surface area (Å²) in [6.07, 6.45) is 4.98. The molecule has 0 bridgehead atoms. The van der Waals surface area contributed by atoms with Crippen molar-refractivity contribution in [2.24, 2.45) is 0 Å². The van der Waals surface area contributed by atoms with E-state index in [4.69, 9.17) is 21.1 Å². The van der Waals surface area contributed by atoms with Gasteiger partial charge in [-0.15, -0.1) is 0 Å². The number of hydrogen-bond donors (Lipinski definition) is 1. The quantitative estimate of drug-likeness (QED) is 0.353. The van der Waals surface area contributed by atoms with Crippen molar-refractivity contribution >= 4 is 38.9 Å². The van der Waals surface area contributed by atoms with Crippen LogP contribution < -0.4 is 19.1 Å². The lowest BCUT2D eigenvalue weighted by molar-refractivity contribution is -0.117. The molecule has 3 aromatic carbocycles. The molecule has 1 heterocycles. The maximum atomic E-state index is 13.1. The number of ether oxygens (including phenoxy) is 2. The first-order valence-corrected chi connectivity index (χ1v) is 14.6. The fourth-order valence-electron chi connectivity index (χ4n) is 5.23. The van der Waals surface area contributed by atoms with Crippen molar-refractivity contribution in [2.45, 2.75) is 55.9 Å². The van der Waals surface area contributed by atoms with Crippen LogP contribution in [0.25, 0.3) is 0 Å². The summed E-state index contributed by atoms with van der Waals surface area (Å²) in [4.78, 5) is 14.9. The Bertz CT molecular complexity index is 1450. The summed E-state index contributed by atoms with van der Waals surface area (Å²) in [6, 6.07) is 17.5. The van der Waals surface area contributed by atoms with Gasteiger partial charge in [-0.25, -0.2) is 8.42 Å². The maximum absolute atomic E-state index is 13.1. The fraction of sp³-hybridized carbons (Fsp3) is 0.345. The van der Waals surface area contributed by atoms with Crippen molar-refractivity contribution in [1.82, 2.24) is 0 Å². The molecule has 1 amide bonds. The number of anilines is 2. The summed E-state index contributed by atoms with van der Waals surface area (Å²) in [5.74, 6) is 1.37. The molecule has 5 rings (SSSR count). The summed E-state index contributed by atoms with van der Waals surface area (Å²) < 4.78 is 40.5. The molecule has 9 heteroatoms. The van der Waals surface area contributed by atoms with Gasteiger partial charge >= 0.3 is 0 Å². The molecule has 0 radical (unpaired) electrons. The molecular weight excluding hydrogens is 524 g/mol. The number of rotatable bonds is 8. The Morgan fingerprint density at radius 1 is 1.00 bits per heavy atom. The van der Waals surface area contributed by atoms with E-state index in [9.17, 15) is 13.2 Å². The molecule has 200 valence electrons. The summed E-state index contributed by atoms with van der Waals surface area (Å²) in [7, 11) is -2.23. The Kier molecular flexibility index (Phi) is 7.54. The summed E-state index contributed by atoms with van der Waals surface area (Å²) in [6.45, 7) is 2.15. The van der Waals surface area contributed by atoms with Crippen LogP contribution in [0.4, 0.5) is 11.4 Å². The van der Waals surface area contributed by atoms with Gasteiger partial charge in [-0.05, 0) is 86.2 Å². The van der Waals surface area contributed by atoms with Gasteiger partial charge in [-0.2, -0.15) is 0 Å². The Labute approximate surface area is 228 Å². The molecule has 1 saturated carbocycles. The van der Waals surface area contributed by atoms with Crippen LogP contribution in [0.1, 0.15) is 49.1 Å². The lowest BCUT2D eigenvalue weighted by Crippen LogP contribution is -2.24. The second-order valence-electron chi connectivity index (χ2n) is 9.86. The van der Waals surface area contributed by atoms with E-state index in [0.717, 1.165) is 24.2 Å². The van der Waals surface area contributed by atoms with Crippen molar-refractivity contribution in [1.29, 1.82) is 0 Å². The molecule has 38 heavy (non-hydrogen) atoms. The lowest BCUT2D eigenvalue weighted by Gasteiger charge is -2.20. The van der Waals surface area contributed by atoms with Crippen LogP contribution in [0.2, 0.25) is 5.02 Å². The topological polar surface area (TPSA) is 84.9 Å². The van der Waals surface area contributed by atoms with Gasteiger partial charge < -0.3 is 14.4 Å². The van der Waals surface area contributed by atoms with Gasteiger partial charge in [-0.3, -0.25) is 9.52 Å². The monoisotopic (exact) mass is 554 g/mol. The van der Waals surface area contributed by atoms with Crippen molar-refractivity contribution in [3.63, 3.8) is 0 Å². The van der Waals surface area contributed by atoms with E-state index in [0.29, 0.717) is 40.7 Å². The fourth-order valence-corrected chi connectivity index (χ4v) is 6.78. The third kappa shape index (κ3) is 5.47. The number of amides is 1. The summed E-state index contributed by atoms with van der Waals surface area (Å²) in [5.41, 5.74) is 2.50. The number of carbonyl (C=O) groups is 1. The minimum atomic E-state index is -3.86. The number of carbonyl (C=O) groups excluding carboxylic acids is 1. The molecule has 1 N–H and O–H groups in total. The number of hydrogen-bond acceptors (Lipinski definition) is 5. The van der Waals surface area contributed by atoms with Crippen molar-refractivity contribution in [3.05, 3.63) is 76.8 Å². The second kappa shape index (κ2) is 10.9. The number of sulfonamides is 1. The average Bonchev–Trinajstić information content (AvgIpc) is 3.55. The molecule has 1 aliphatic carbocycles. The third-order valence-corrected chi connectivity index (χ3v) is 9.23. The Balaban J connectivity index is 1.34. The third-order valence-electron chi connectivity index (χ3n) is 7.30. The van der Waals surface area contributed by atoms with Gasteiger partial charge in [0.2, 0.25) is 5.91 Å². The molecule has 1 saturated heterocycles. The predicted octanol–water partition coefficient (Wildman–Crippen LogP) is 6.30. The van der Waals surface area contributed by atoms with Gasteiger partial charge in [0.1, 0.15) is 0 Å². The highest BCUT2D eigenvalue weighted by Gasteiger charge is 2.33. The van der Waals surface area contributed by atoms with Gasteiger partial charge in [0.05, 0.1) is 23.8 Å². The summed E-state index contributed by atoms with van der Waals surface area (Å²) >= 11 is 6.13. The van der Waals surface area contributed by atoms with Crippen LogP contribution in [-0.2, 0) is 14.8 Å². The number of benzene rings is 3. The predicted molar refractivity (Wildman–Crippen MR) is 149 cm³/mol. The number of halogens is 1. The highest BCUT2D eigenvalue weighted by atomic mass is 35.5. The van der Waals surface area contributed by atoms with Crippen LogP contribution in [0.15, 0.2) is 65.6 Å². The number of methoxy groups -OCH3 is 1. The van der Waals surface area contributed by atoms with E-state index in [1.54, 1.807) is 49.3 Å². The van der Waals surface area contributed by atoms with E-state index in [2.05, 4.69) is 4.72 Å². The number of nitrogens with zero attached hydrogens (tertiary/aromatic N) is 1. The van der Waals surface area contributed by atoms with Crippen LogP contribution in [0, 0.1) is 6.92 Å². The first kappa shape index (κ1) is 26.4. The zero-order chi connectivity index (χ0) is 26.9. The molecule has 1 atom stereocenters. The van der Waals surface area contributed by atoms with Crippen molar-refractivity contribution in [2.75, 3.05) is 23.3 Å². The molecule has 0 unspecified atom stereocenters. The normalized spacial score (nSPS) is 18.1. The highest BCUT2D eigenvalue weighted by Crippen LogP contribution is 2.38. The minimum Gasteiger partial charge on any atom is -0.493 e. The molecule has 1 aliphatic heterocycles. The average molecular weight is 555 g/mol. The molecule has 2 fully saturated rings. The van der Waals surface area contributed by atoms with E-state index in [1.807, 2.05) is 24.3 Å². The molecular formula is C29H31ClN2O5S. The van der Waals surface area contributed by atoms with Crippen LogP contribution in [-0.4, -0.2) is 34.1 Å². The van der Waals surface area contributed by atoms with E-state index in [-0.39, 0.29) is 22.8 Å². The van der Waals surface area contributed by atoms with Crippen LogP contribution in [0.3, 0.4) is 0 Å². The van der Waals surface area contributed by atoms with E-state index in [1.165, 1.54) is 18.9 Å². The Hall–Kier alpha value is -3.23. The zero-order valence-electron chi connectivity index (χ0n) is 21.4. The standard InChI is InChI=1S/C29H31ClN2O5S/c1-19-25(30)11-6-12-28(19)38(34,35)31-22-7-5-8-23(17-22)32-18-21(16-29(32)33)20-13-14-26(36-2)27(15-20)37-24-9-3-4-10-24/h5-8,11-15,17,21,24,31H,3-4,9-10,16,18H2,1-2H3/t21-/m1/s1. The van der Waals surface area contributed by atoms with Crippen molar-refractivity contribution in [3.8, 4) is 11.5 Å². The van der Waals surface area contributed by atoms with Gasteiger partial charge in [-0.1, -0.05) is 29.8 Å². The largest absolute Gasteiger partial charge is 0.493 e. The maximum Gasteiger partial charge on any atom is 0.262 e. The Morgan fingerprint density at radius 3 is 2.53 bits per heavy atom. The molecule has 7 nitrogen and oxygen atoms in total. The summed E-state index contributed by atoms with van der Waals surface area (Å²) in [5, 5.41) is 0.380.